The lowest BCUT2D eigenvalue weighted by molar-refractivity contribution is 0.413. The Morgan fingerprint density at radius 2 is 2.29 bits per heavy atom. The summed E-state index contributed by atoms with van der Waals surface area (Å²) in [7, 11) is 0. The molecule has 3 heteroatoms. The molecule has 3 nitrogen and oxygen atoms in total. The lowest BCUT2D eigenvalue weighted by atomic mass is 9.96. The first-order valence-corrected chi connectivity index (χ1v) is 5.08. The Balaban J connectivity index is 2.40. The zero-order valence-corrected chi connectivity index (χ0v) is 8.90. The summed E-state index contributed by atoms with van der Waals surface area (Å²) < 4.78 is 0. The highest BCUT2D eigenvalue weighted by molar-refractivity contribution is 5.39. The SMILES string of the molecule is CC(C)C(CN)CNc1cccnc1. The summed E-state index contributed by atoms with van der Waals surface area (Å²) in [6.45, 7) is 6.04. The zero-order valence-electron chi connectivity index (χ0n) is 8.90. The molecule has 14 heavy (non-hydrogen) atoms. The van der Waals surface area contributed by atoms with Crippen molar-refractivity contribution in [2.45, 2.75) is 13.8 Å². The second-order valence-corrected chi connectivity index (χ2v) is 3.86. The van der Waals surface area contributed by atoms with Crippen LogP contribution in [0.25, 0.3) is 0 Å². The molecule has 0 saturated carbocycles. The van der Waals surface area contributed by atoms with Crippen molar-refractivity contribution in [3.63, 3.8) is 0 Å². The Morgan fingerprint density at radius 3 is 2.79 bits per heavy atom. The highest BCUT2D eigenvalue weighted by atomic mass is 14.9. The molecule has 0 bridgehead atoms. The van der Waals surface area contributed by atoms with Crippen molar-refractivity contribution in [3.05, 3.63) is 24.5 Å². The predicted molar refractivity (Wildman–Crippen MR) is 60.1 cm³/mol. The van der Waals surface area contributed by atoms with E-state index in [0.717, 1.165) is 18.8 Å². The number of hydrogen-bond donors (Lipinski definition) is 2. The topological polar surface area (TPSA) is 50.9 Å². The first kappa shape index (κ1) is 11.0. The quantitative estimate of drug-likeness (QED) is 0.748. The average molecular weight is 193 g/mol. The van der Waals surface area contributed by atoms with Gasteiger partial charge in [-0.3, -0.25) is 4.98 Å². The molecule has 0 aliphatic heterocycles. The maximum absolute atomic E-state index is 5.68. The van der Waals surface area contributed by atoms with Gasteiger partial charge in [0.25, 0.3) is 0 Å². The van der Waals surface area contributed by atoms with Crippen LogP contribution in [0.5, 0.6) is 0 Å². The third kappa shape index (κ3) is 3.34. The van der Waals surface area contributed by atoms with Gasteiger partial charge in [-0.25, -0.2) is 0 Å². The van der Waals surface area contributed by atoms with Crippen LogP contribution in [-0.2, 0) is 0 Å². The molecule has 0 amide bonds. The van der Waals surface area contributed by atoms with Gasteiger partial charge in [0.2, 0.25) is 0 Å². The summed E-state index contributed by atoms with van der Waals surface area (Å²) in [6.07, 6.45) is 3.60. The van der Waals surface area contributed by atoms with E-state index in [0.29, 0.717) is 11.8 Å². The fraction of sp³-hybridized carbons (Fsp3) is 0.545. The molecule has 1 atom stereocenters. The van der Waals surface area contributed by atoms with E-state index in [4.69, 9.17) is 5.73 Å². The van der Waals surface area contributed by atoms with Crippen LogP contribution in [0.1, 0.15) is 13.8 Å². The van der Waals surface area contributed by atoms with E-state index in [2.05, 4.69) is 24.1 Å². The molecule has 0 fully saturated rings. The summed E-state index contributed by atoms with van der Waals surface area (Å²) in [5.74, 6) is 1.14. The Morgan fingerprint density at radius 1 is 1.50 bits per heavy atom. The smallest absolute Gasteiger partial charge is 0.0526 e. The first-order chi connectivity index (χ1) is 6.74. The zero-order chi connectivity index (χ0) is 10.4. The Bertz CT molecular complexity index is 246. The van der Waals surface area contributed by atoms with Gasteiger partial charge in [-0.05, 0) is 30.5 Å². The van der Waals surface area contributed by atoms with E-state index >= 15 is 0 Å². The number of hydrogen-bond acceptors (Lipinski definition) is 3. The molecule has 0 spiro atoms. The van der Waals surface area contributed by atoms with E-state index in [1.165, 1.54) is 0 Å². The Hall–Kier alpha value is -1.09. The standard InChI is InChI=1S/C11H19N3/c1-9(2)10(6-12)7-14-11-4-3-5-13-8-11/h3-5,8-10,14H,6-7,12H2,1-2H3. The average Bonchev–Trinajstić information content (AvgIpc) is 2.20. The minimum Gasteiger partial charge on any atom is -0.383 e. The normalized spacial score (nSPS) is 12.9. The van der Waals surface area contributed by atoms with Crippen LogP contribution in [0.4, 0.5) is 5.69 Å². The van der Waals surface area contributed by atoms with Crippen LogP contribution in [-0.4, -0.2) is 18.1 Å². The minimum atomic E-state index is 0.523. The summed E-state index contributed by atoms with van der Waals surface area (Å²) in [5, 5.41) is 3.33. The van der Waals surface area contributed by atoms with Crippen LogP contribution >= 0.6 is 0 Å². The summed E-state index contributed by atoms with van der Waals surface area (Å²) in [5.41, 5.74) is 6.74. The molecule has 0 aromatic carbocycles. The fourth-order valence-corrected chi connectivity index (χ4v) is 1.31. The molecule has 0 aliphatic rings. The Kier molecular flexibility index (Phi) is 4.40. The second-order valence-electron chi connectivity index (χ2n) is 3.86. The predicted octanol–water partition coefficient (Wildman–Crippen LogP) is 1.72. The van der Waals surface area contributed by atoms with Crippen LogP contribution < -0.4 is 11.1 Å². The van der Waals surface area contributed by atoms with Crippen molar-refractivity contribution in [1.29, 1.82) is 0 Å². The van der Waals surface area contributed by atoms with Gasteiger partial charge < -0.3 is 11.1 Å². The van der Waals surface area contributed by atoms with Crippen LogP contribution in [0.15, 0.2) is 24.5 Å². The van der Waals surface area contributed by atoms with Gasteiger partial charge in [-0.2, -0.15) is 0 Å². The number of pyridine rings is 1. The molecular formula is C11H19N3. The van der Waals surface area contributed by atoms with Crippen molar-refractivity contribution in [2.75, 3.05) is 18.4 Å². The number of nitrogens with zero attached hydrogens (tertiary/aromatic N) is 1. The maximum atomic E-state index is 5.68. The maximum Gasteiger partial charge on any atom is 0.0526 e. The molecule has 0 saturated heterocycles. The van der Waals surface area contributed by atoms with Crippen molar-refractivity contribution in [3.8, 4) is 0 Å². The molecule has 78 valence electrons. The van der Waals surface area contributed by atoms with Crippen molar-refractivity contribution in [1.82, 2.24) is 4.98 Å². The van der Waals surface area contributed by atoms with Crippen LogP contribution in [0.3, 0.4) is 0 Å². The molecule has 1 heterocycles. The number of nitrogens with one attached hydrogen (secondary N) is 1. The van der Waals surface area contributed by atoms with Crippen molar-refractivity contribution in [2.24, 2.45) is 17.6 Å². The van der Waals surface area contributed by atoms with Gasteiger partial charge in [0.1, 0.15) is 0 Å². The van der Waals surface area contributed by atoms with Crippen LogP contribution in [0.2, 0.25) is 0 Å². The van der Waals surface area contributed by atoms with Crippen LogP contribution in [0, 0.1) is 11.8 Å². The molecule has 3 N–H and O–H groups in total. The van der Waals surface area contributed by atoms with Crippen molar-refractivity contribution < 1.29 is 0 Å². The highest BCUT2D eigenvalue weighted by Crippen LogP contribution is 2.11. The minimum absolute atomic E-state index is 0.523. The third-order valence-electron chi connectivity index (χ3n) is 2.48. The van der Waals surface area contributed by atoms with E-state index < -0.39 is 0 Å². The van der Waals surface area contributed by atoms with Gasteiger partial charge in [0.15, 0.2) is 0 Å². The largest absolute Gasteiger partial charge is 0.383 e. The summed E-state index contributed by atoms with van der Waals surface area (Å²) in [6, 6.07) is 3.94. The molecular weight excluding hydrogens is 174 g/mol. The molecule has 1 aromatic heterocycles. The van der Waals surface area contributed by atoms with Gasteiger partial charge in [0, 0.05) is 18.9 Å². The van der Waals surface area contributed by atoms with Gasteiger partial charge >= 0.3 is 0 Å². The molecule has 1 rings (SSSR count). The number of aromatic nitrogens is 1. The lowest BCUT2D eigenvalue weighted by Gasteiger charge is -2.19. The number of rotatable bonds is 5. The Labute approximate surface area is 85.7 Å². The summed E-state index contributed by atoms with van der Waals surface area (Å²) >= 11 is 0. The molecule has 0 radical (unpaired) electrons. The second kappa shape index (κ2) is 5.60. The number of nitrogens with two attached hydrogens (primary N) is 1. The van der Waals surface area contributed by atoms with Crippen molar-refractivity contribution >= 4 is 5.69 Å². The van der Waals surface area contributed by atoms with Gasteiger partial charge in [-0.15, -0.1) is 0 Å². The van der Waals surface area contributed by atoms with E-state index in [9.17, 15) is 0 Å². The highest BCUT2D eigenvalue weighted by Gasteiger charge is 2.10. The first-order valence-electron chi connectivity index (χ1n) is 5.08. The molecule has 1 unspecified atom stereocenters. The van der Waals surface area contributed by atoms with Gasteiger partial charge in [0.05, 0.1) is 5.69 Å². The van der Waals surface area contributed by atoms with E-state index in [-0.39, 0.29) is 0 Å². The number of anilines is 1. The monoisotopic (exact) mass is 193 g/mol. The van der Waals surface area contributed by atoms with Gasteiger partial charge in [-0.1, -0.05) is 13.8 Å². The lowest BCUT2D eigenvalue weighted by Crippen LogP contribution is -2.27. The van der Waals surface area contributed by atoms with E-state index in [1.807, 2.05) is 18.3 Å². The third-order valence-corrected chi connectivity index (χ3v) is 2.48. The summed E-state index contributed by atoms with van der Waals surface area (Å²) in [4.78, 5) is 4.04. The fourth-order valence-electron chi connectivity index (χ4n) is 1.31. The van der Waals surface area contributed by atoms with E-state index in [1.54, 1.807) is 6.20 Å². The molecule has 1 aromatic rings. The molecule has 0 aliphatic carbocycles.